The Morgan fingerprint density at radius 3 is 2.41 bits per heavy atom. The molecule has 2 bridgehead atoms. The van der Waals surface area contributed by atoms with Crippen LogP contribution in [0.5, 0.6) is 0 Å². The maximum absolute atomic E-state index is 14.0. The van der Waals surface area contributed by atoms with Crippen molar-refractivity contribution in [3.05, 3.63) is 48.1 Å². The molecule has 0 aliphatic heterocycles. The Kier molecular flexibility index (Phi) is 6.05. The van der Waals surface area contributed by atoms with Crippen molar-refractivity contribution in [2.75, 3.05) is 6.26 Å². The van der Waals surface area contributed by atoms with E-state index in [0.717, 1.165) is 24.0 Å². The van der Waals surface area contributed by atoms with Crippen molar-refractivity contribution < 1.29 is 15.0 Å². The molecule has 174 valence electrons. The summed E-state index contributed by atoms with van der Waals surface area (Å²) >= 11 is 1.70. The predicted octanol–water partition coefficient (Wildman–Crippen LogP) is 5.76. The molecule has 3 fully saturated rings. The summed E-state index contributed by atoms with van der Waals surface area (Å²) in [6.07, 6.45) is 7.57. The zero-order chi connectivity index (χ0) is 23.5. The Hall–Kier alpha value is -1.36. The van der Waals surface area contributed by atoms with Crippen molar-refractivity contribution in [2.45, 2.75) is 70.5 Å². The lowest BCUT2D eigenvalue weighted by molar-refractivity contribution is -0.191. The Morgan fingerprint density at radius 2 is 1.81 bits per heavy atom. The van der Waals surface area contributed by atoms with Crippen LogP contribution >= 0.6 is 11.8 Å². The summed E-state index contributed by atoms with van der Waals surface area (Å²) in [7, 11) is 0. The fraction of sp³-hybridized carbons (Fsp3) is 0.607. The highest BCUT2D eigenvalue weighted by molar-refractivity contribution is 7.98. The number of Topliss-reactive ketones (excluding diaryl/α,β-unsaturated/α-hetero) is 1. The normalized spacial score (nSPS) is 45.3. The van der Waals surface area contributed by atoms with Crippen molar-refractivity contribution in [2.24, 2.45) is 34.0 Å². The zero-order valence-electron chi connectivity index (χ0n) is 20.1. The van der Waals surface area contributed by atoms with Gasteiger partial charge < -0.3 is 10.2 Å². The van der Waals surface area contributed by atoms with Crippen molar-refractivity contribution >= 4 is 23.6 Å². The second kappa shape index (κ2) is 8.14. The van der Waals surface area contributed by atoms with Gasteiger partial charge in [-0.25, -0.2) is 0 Å². The van der Waals surface area contributed by atoms with E-state index in [2.05, 4.69) is 57.9 Å². The van der Waals surface area contributed by atoms with Crippen LogP contribution in [0.25, 0.3) is 6.08 Å². The van der Waals surface area contributed by atoms with Gasteiger partial charge in [0.2, 0.25) is 0 Å². The van der Waals surface area contributed by atoms with Gasteiger partial charge in [0.15, 0.2) is 5.78 Å². The first kappa shape index (κ1) is 23.8. The van der Waals surface area contributed by atoms with E-state index >= 15 is 0 Å². The number of carbonyl (C=O) groups is 1. The molecular formula is C28H38O3S. The average Bonchev–Trinajstić information content (AvgIpc) is 3.08. The summed E-state index contributed by atoms with van der Waals surface area (Å²) in [6, 6.07) is 8.32. The number of aliphatic hydroxyl groups is 2. The number of allylic oxidation sites excluding steroid dienone is 1. The molecule has 0 amide bonds. The minimum absolute atomic E-state index is 0.0662. The molecule has 8 atom stereocenters. The van der Waals surface area contributed by atoms with Gasteiger partial charge in [-0.2, -0.15) is 0 Å². The molecular weight excluding hydrogens is 416 g/mol. The monoisotopic (exact) mass is 454 g/mol. The molecule has 0 spiro atoms. The molecule has 3 aliphatic carbocycles. The largest absolute Gasteiger partial charge is 0.392 e. The molecule has 4 heteroatoms. The average molecular weight is 455 g/mol. The van der Waals surface area contributed by atoms with Gasteiger partial charge in [0.1, 0.15) is 0 Å². The molecule has 3 aliphatic rings. The zero-order valence-corrected chi connectivity index (χ0v) is 20.9. The number of hydrogen-bond acceptors (Lipinski definition) is 4. The van der Waals surface area contributed by atoms with Gasteiger partial charge in [0.05, 0.1) is 12.2 Å². The minimum atomic E-state index is -0.670. The van der Waals surface area contributed by atoms with E-state index in [9.17, 15) is 15.0 Å². The van der Waals surface area contributed by atoms with E-state index in [-0.39, 0.29) is 29.0 Å². The summed E-state index contributed by atoms with van der Waals surface area (Å²) in [5.41, 5.74) is 0.439. The number of aliphatic hydroxyl groups excluding tert-OH is 2. The number of rotatable bonds is 3. The fourth-order valence-corrected chi connectivity index (χ4v) is 7.66. The van der Waals surface area contributed by atoms with Crippen LogP contribution in [0.2, 0.25) is 0 Å². The van der Waals surface area contributed by atoms with Crippen LogP contribution in [0.3, 0.4) is 0 Å². The Bertz CT molecular complexity index is 937. The molecule has 0 unspecified atom stereocenters. The molecule has 0 saturated heterocycles. The second-order valence-corrected chi connectivity index (χ2v) is 12.0. The number of carbonyl (C=O) groups excluding carboxylic acids is 1. The second-order valence-electron chi connectivity index (χ2n) is 11.1. The molecule has 4 rings (SSSR count). The first-order valence-corrected chi connectivity index (χ1v) is 13.1. The van der Waals surface area contributed by atoms with Gasteiger partial charge in [-0.1, -0.05) is 45.9 Å². The Labute approximate surface area is 197 Å². The lowest BCUT2D eigenvalue weighted by atomic mass is 9.44. The van der Waals surface area contributed by atoms with E-state index in [4.69, 9.17) is 0 Å². The smallest absolute Gasteiger partial charge is 0.163 e. The highest BCUT2D eigenvalue weighted by Crippen LogP contribution is 2.68. The topological polar surface area (TPSA) is 57.5 Å². The first-order valence-electron chi connectivity index (χ1n) is 11.9. The summed E-state index contributed by atoms with van der Waals surface area (Å²) in [5, 5.41) is 23.1. The molecule has 0 aromatic heterocycles. The third kappa shape index (κ3) is 3.28. The van der Waals surface area contributed by atoms with Crippen LogP contribution in [0.4, 0.5) is 0 Å². The molecule has 1 aromatic rings. The molecule has 32 heavy (non-hydrogen) atoms. The van der Waals surface area contributed by atoms with Gasteiger partial charge in [0, 0.05) is 21.6 Å². The molecule has 0 heterocycles. The van der Waals surface area contributed by atoms with E-state index < -0.39 is 23.0 Å². The van der Waals surface area contributed by atoms with Gasteiger partial charge >= 0.3 is 0 Å². The molecule has 2 N–H and O–H groups in total. The summed E-state index contributed by atoms with van der Waals surface area (Å²) in [6.45, 7) is 12.5. The van der Waals surface area contributed by atoms with Crippen LogP contribution in [-0.4, -0.2) is 34.5 Å². The predicted molar refractivity (Wildman–Crippen MR) is 132 cm³/mol. The van der Waals surface area contributed by atoms with E-state index in [1.165, 1.54) is 4.90 Å². The minimum Gasteiger partial charge on any atom is -0.392 e. The van der Waals surface area contributed by atoms with Crippen LogP contribution in [0, 0.1) is 34.0 Å². The van der Waals surface area contributed by atoms with Crippen molar-refractivity contribution in [3.63, 3.8) is 0 Å². The van der Waals surface area contributed by atoms with Gasteiger partial charge in [-0.3, -0.25) is 4.79 Å². The molecule has 0 radical (unpaired) electrons. The standard InChI is InChI=1S/C28H38O3S/c1-7-26(4)16-22(29)27(5)17(2)12-13-28(18(3)25(26)31)15-20(23(30)24(27)28)14-19-8-10-21(32-6)11-9-19/h7-11,14,17-18,22,24-25,29,31H,1,12-13,15-16H2,2-6H3/b20-14+/t17-,18+,22-,24+,25+,26-,27+,28+/m1/s1. The van der Waals surface area contributed by atoms with Crippen molar-refractivity contribution in [1.29, 1.82) is 0 Å². The SMILES string of the molecule is C=C[C@]1(C)C[C@@H](O)[C@]2(C)[C@H](C)CC[C@]3(C/C(=C\c4ccc(SC)cc4)C(=O)[C@H]32)[C@@H](C)[C@@H]1O. The lowest BCUT2D eigenvalue weighted by Gasteiger charge is -2.61. The molecule has 3 nitrogen and oxygen atoms in total. The van der Waals surface area contributed by atoms with E-state index in [1.807, 2.05) is 19.1 Å². The third-order valence-corrected chi connectivity index (χ3v) is 10.5. The Morgan fingerprint density at radius 1 is 1.16 bits per heavy atom. The summed E-state index contributed by atoms with van der Waals surface area (Å²) in [5.74, 6) is 0.0672. The first-order chi connectivity index (χ1) is 15.0. The summed E-state index contributed by atoms with van der Waals surface area (Å²) in [4.78, 5) is 15.2. The van der Waals surface area contributed by atoms with Crippen LogP contribution < -0.4 is 0 Å². The maximum atomic E-state index is 14.0. The number of thioether (sulfide) groups is 1. The molecule has 1 aromatic carbocycles. The maximum Gasteiger partial charge on any atom is 0.163 e. The quantitative estimate of drug-likeness (QED) is 0.346. The third-order valence-electron chi connectivity index (χ3n) is 9.73. The van der Waals surface area contributed by atoms with Crippen molar-refractivity contribution in [3.8, 4) is 0 Å². The summed E-state index contributed by atoms with van der Waals surface area (Å²) < 4.78 is 0. The van der Waals surface area contributed by atoms with Crippen molar-refractivity contribution in [1.82, 2.24) is 0 Å². The van der Waals surface area contributed by atoms with Gasteiger partial charge in [0.25, 0.3) is 0 Å². The highest BCUT2D eigenvalue weighted by atomic mass is 32.2. The van der Waals surface area contributed by atoms with Crippen LogP contribution in [0.15, 0.2) is 47.4 Å². The lowest BCUT2D eigenvalue weighted by Crippen LogP contribution is -2.62. The highest BCUT2D eigenvalue weighted by Gasteiger charge is 2.68. The van der Waals surface area contributed by atoms with E-state index in [1.54, 1.807) is 11.8 Å². The van der Waals surface area contributed by atoms with Crippen LogP contribution in [0.1, 0.15) is 58.9 Å². The fourth-order valence-electron chi connectivity index (χ4n) is 7.25. The van der Waals surface area contributed by atoms with Gasteiger partial charge in [-0.05, 0) is 78.5 Å². The molecule has 3 saturated carbocycles. The number of benzene rings is 1. The number of hydrogen-bond donors (Lipinski definition) is 2. The number of ketones is 1. The van der Waals surface area contributed by atoms with E-state index in [0.29, 0.717) is 12.8 Å². The Balaban J connectivity index is 1.86. The van der Waals surface area contributed by atoms with Gasteiger partial charge in [-0.15, -0.1) is 18.3 Å². The van der Waals surface area contributed by atoms with Crippen LogP contribution in [-0.2, 0) is 4.79 Å².